The van der Waals surface area contributed by atoms with Gasteiger partial charge in [0.2, 0.25) is 0 Å². The van der Waals surface area contributed by atoms with Crippen LogP contribution in [0.4, 0.5) is 0 Å². The van der Waals surface area contributed by atoms with Crippen molar-refractivity contribution in [2.45, 2.75) is 12.7 Å². The number of hydrogen-bond donors (Lipinski definition) is 3. The van der Waals surface area contributed by atoms with Crippen LogP contribution in [0.1, 0.15) is 12.5 Å². The molecule has 0 fully saturated rings. The number of aliphatic hydroxyl groups is 1. The monoisotopic (exact) mass is 212 g/mol. The normalized spacial score (nSPS) is 14.5. The molecule has 0 heterocycles. The summed E-state index contributed by atoms with van der Waals surface area (Å²) in [5.41, 5.74) is 0.0645. The Hall–Kier alpha value is -1.59. The summed E-state index contributed by atoms with van der Waals surface area (Å²) in [5.74, 6) is -3.86. The van der Waals surface area contributed by atoms with Crippen LogP contribution in [-0.4, -0.2) is 27.9 Å². The number of ether oxygens (including phenoxy) is 1. The molecular weight excluding hydrogens is 200 g/mol. The first kappa shape index (κ1) is 11.5. The fraction of sp³-hybridized carbons (Fsp3) is 0.300. The maximum absolute atomic E-state index is 10.9. The first-order valence-corrected chi connectivity index (χ1v) is 4.40. The number of carbonyl (C=O) groups is 1. The number of phenols is 1. The molecule has 0 aliphatic rings. The van der Waals surface area contributed by atoms with Gasteiger partial charge in [-0.3, -0.25) is 0 Å². The van der Waals surface area contributed by atoms with Gasteiger partial charge in [0.25, 0.3) is 5.79 Å². The lowest BCUT2D eigenvalue weighted by Crippen LogP contribution is -2.38. The van der Waals surface area contributed by atoms with Crippen molar-refractivity contribution in [3.8, 4) is 5.75 Å². The third-order valence-electron chi connectivity index (χ3n) is 1.90. The molecule has 5 heteroatoms. The van der Waals surface area contributed by atoms with Gasteiger partial charge in [0, 0.05) is 12.2 Å². The molecule has 0 spiro atoms. The molecule has 1 unspecified atom stereocenters. The van der Waals surface area contributed by atoms with Crippen molar-refractivity contribution in [1.82, 2.24) is 0 Å². The maximum Gasteiger partial charge on any atom is 0.369 e. The van der Waals surface area contributed by atoms with E-state index in [0.29, 0.717) is 0 Å². The van der Waals surface area contributed by atoms with E-state index in [1.165, 1.54) is 24.3 Å². The van der Waals surface area contributed by atoms with Gasteiger partial charge in [-0.15, -0.1) is 0 Å². The third kappa shape index (κ3) is 2.26. The van der Waals surface area contributed by atoms with E-state index in [0.717, 1.165) is 0 Å². The Kier molecular flexibility index (Phi) is 3.28. The largest absolute Gasteiger partial charge is 0.508 e. The Morgan fingerprint density at radius 3 is 2.33 bits per heavy atom. The predicted molar refractivity (Wildman–Crippen MR) is 51.3 cm³/mol. The predicted octanol–water partition coefficient (Wildman–Crippen LogP) is 0.658. The lowest BCUT2D eigenvalue weighted by Gasteiger charge is -2.23. The summed E-state index contributed by atoms with van der Waals surface area (Å²) < 4.78 is 4.79. The second-order valence-electron chi connectivity index (χ2n) is 2.93. The summed E-state index contributed by atoms with van der Waals surface area (Å²) in [6, 6.07) is 5.14. The molecule has 0 aliphatic carbocycles. The number of hydrogen-bond acceptors (Lipinski definition) is 4. The minimum Gasteiger partial charge on any atom is -0.508 e. The van der Waals surface area contributed by atoms with E-state index in [2.05, 4.69) is 0 Å². The van der Waals surface area contributed by atoms with Crippen molar-refractivity contribution in [2.75, 3.05) is 6.61 Å². The highest BCUT2D eigenvalue weighted by atomic mass is 16.6. The number of aromatic hydroxyl groups is 1. The summed E-state index contributed by atoms with van der Waals surface area (Å²) in [4.78, 5) is 10.9. The van der Waals surface area contributed by atoms with Crippen molar-refractivity contribution in [2.24, 2.45) is 0 Å². The van der Waals surface area contributed by atoms with Crippen molar-refractivity contribution in [1.29, 1.82) is 0 Å². The van der Waals surface area contributed by atoms with Gasteiger partial charge in [-0.2, -0.15) is 0 Å². The van der Waals surface area contributed by atoms with Gasteiger partial charge >= 0.3 is 5.97 Å². The molecule has 0 bridgehead atoms. The van der Waals surface area contributed by atoms with Gasteiger partial charge in [-0.1, -0.05) is 0 Å². The van der Waals surface area contributed by atoms with E-state index < -0.39 is 11.8 Å². The minimum atomic E-state index is -2.36. The number of rotatable bonds is 4. The lowest BCUT2D eigenvalue weighted by atomic mass is 10.1. The maximum atomic E-state index is 10.9. The highest BCUT2D eigenvalue weighted by molar-refractivity contribution is 5.77. The quantitative estimate of drug-likeness (QED) is 0.638. The zero-order chi connectivity index (χ0) is 11.5. The van der Waals surface area contributed by atoms with Gasteiger partial charge in [-0.05, 0) is 31.2 Å². The van der Waals surface area contributed by atoms with Gasteiger partial charge in [0.15, 0.2) is 0 Å². The van der Waals surface area contributed by atoms with Crippen LogP contribution in [0.2, 0.25) is 0 Å². The molecule has 3 N–H and O–H groups in total. The van der Waals surface area contributed by atoms with Crippen molar-refractivity contribution in [3.05, 3.63) is 29.8 Å². The number of carboxylic acids is 1. The van der Waals surface area contributed by atoms with E-state index in [1.54, 1.807) is 6.92 Å². The molecule has 82 valence electrons. The Morgan fingerprint density at radius 2 is 1.93 bits per heavy atom. The van der Waals surface area contributed by atoms with Crippen molar-refractivity contribution < 1.29 is 24.9 Å². The molecule has 0 aromatic heterocycles. The fourth-order valence-electron chi connectivity index (χ4n) is 1.16. The molecule has 5 nitrogen and oxygen atoms in total. The Morgan fingerprint density at radius 1 is 1.40 bits per heavy atom. The SMILES string of the molecule is CCOC(O)(C(=O)O)c1ccc(O)cc1. The topological polar surface area (TPSA) is 87.0 Å². The van der Waals surface area contributed by atoms with Gasteiger partial charge < -0.3 is 20.1 Å². The fourth-order valence-corrected chi connectivity index (χ4v) is 1.16. The standard InChI is InChI=1S/C10H12O5/c1-2-15-10(14,9(12)13)7-3-5-8(11)6-4-7/h3-6,11,14H,2H2,1H3,(H,12,13). The lowest BCUT2D eigenvalue weighted by molar-refractivity contribution is -0.227. The van der Waals surface area contributed by atoms with Crippen LogP contribution in [0.15, 0.2) is 24.3 Å². The van der Waals surface area contributed by atoms with Crippen LogP contribution in [0.5, 0.6) is 5.75 Å². The molecule has 0 saturated carbocycles. The first-order chi connectivity index (χ1) is 7.00. The number of aliphatic carboxylic acids is 1. The summed E-state index contributed by atoms with van der Waals surface area (Å²) in [5, 5.41) is 27.6. The molecule has 1 atom stereocenters. The van der Waals surface area contributed by atoms with Crippen LogP contribution in [0.25, 0.3) is 0 Å². The summed E-state index contributed by atoms with van der Waals surface area (Å²) in [6.07, 6.45) is 0. The number of phenolic OH excluding ortho intramolecular Hbond substituents is 1. The van der Waals surface area contributed by atoms with Crippen LogP contribution in [-0.2, 0) is 15.3 Å². The van der Waals surface area contributed by atoms with Crippen LogP contribution in [0.3, 0.4) is 0 Å². The zero-order valence-electron chi connectivity index (χ0n) is 8.17. The third-order valence-corrected chi connectivity index (χ3v) is 1.90. The molecule has 1 aromatic carbocycles. The summed E-state index contributed by atoms with van der Waals surface area (Å²) in [7, 11) is 0. The Bertz CT molecular complexity index is 345. The number of benzene rings is 1. The van der Waals surface area contributed by atoms with E-state index in [4.69, 9.17) is 14.9 Å². The van der Waals surface area contributed by atoms with Crippen LogP contribution in [0, 0.1) is 0 Å². The minimum absolute atomic E-state index is 0.0111. The highest BCUT2D eigenvalue weighted by Gasteiger charge is 2.39. The van der Waals surface area contributed by atoms with Crippen molar-refractivity contribution >= 4 is 5.97 Å². The average Bonchev–Trinajstić information content (AvgIpc) is 2.18. The molecule has 1 aromatic rings. The molecule has 0 radical (unpaired) electrons. The molecule has 0 saturated heterocycles. The van der Waals surface area contributed by atoms with E-state index in [-0.39, 0.29) is 17.9 Å². The van der Waals surface area contributed by atoms with Crippen LogP contribution >= 0.6 is 0 Å². The molecule has 15 heavy (non-hydrogen) atoms. The molecule has 0 amide bonds. The average molecular weight is 212 g/mol. The Labute approximate surface area is 86.5 Å². The second-order valence-corrected chi connectivity index (χ2v) is 2.93. The summed E-state index contributed by atoms with van der Waals surface area (Å²) in [6.45, 7) is 1.64. The van der Waals surface area contributed by atoms with Crippen LogP contribution < -0.4 is 0 Å². The van der Waals surface area contributed by atoms with Gasteiger partial charge in [0.05, 0.1) is 0 Å². The van der Waals surface area contributed by atoms with Gasteiger partial charge in [0.1, 0.15) is 5.75 Å². The smallest absolute Gasteiger partial charge is 0.369 e. The molecular formula is C10H12O5. The Balaban J connectivity index is 3.09. The van der Waals surface area contributed by atoms with E-state index in [1.807, 2.05) is 0 Å². The zero-order valence-corrected chi connectivity index (χ0v) is 8.17. The summed E-state index contributed by atoms with van der Waals surface area (Å²) >= 11 is 0. The van der Waals surface area contributed by atoms with E-state index >= 15 is 0 Å². The highest BCUT2D eigenvalue weighted by Crippen LogP contribution is 2.24. The van der Waals surface area contributed by atoms with Gasteiger partial charge in [-0.25, -0.2) is 4.79 Å². The first-order valence-electron chi connectivity index (χ1n) is 4.40. The van der Waals surface area contributed by atoms with Crippen molar-refractivity contribution in [3.63, 3.8) is 0 Å². The second kappa shape index (κ2) is 4.29. The number of carboxylic acid groups (broad SMARTS) is 1. The molecule has 1 rings (SSSR count). The van der Waals surface area contributed by atoms with E-state index in [9.17, 15) is 9.90 Å². The molecule has 0 aliphatic heterocycles.